The molecule has 0 atom stereocenters. The van der Waals surface area contributed by atoms with E-state index in [1.165, 1.54) is 12.1 Å². The zero-order valence-corrected chi connectivity index (χ0v) is 12.2. The predicted octanol–water partition coefficient (Wildman–Crippen LogP) is 3.90. The molecule has 0 amide bonds. The number of aromatic nitrogens is 2. The van der Waals surface area contributed by atoms with Crippen molar-refractivity contribution in [2.24, 2.45) is 0 Å². The number of anilines is 1. The van der Waals surface area contributed by atoms with Crippen LogP contribution in [-0.2, 0) is 5.41 Å². The molecule has 2 N–H and O–H groups in total. The highest BCUT2D eigenvalue weighted by Crippen LogP contribution is 2.43. The summed E-state index contributed by atoms with van der Waals surface area (Å²) in [5, 5.41) is 0. The van der Waals surface area contributed by atoms with Crippen molar-refractivity contribution >= 4 is 5.82 Å². The van der Waals surface area contributed by atoms with Gasteiger partial charge in [0.05, 0.1) is 0 Å². The number of nitrogens with zero attached hydrogens (tertiary/aromatic N) is 2. The first kappa shape index (κ1) is 13.2. The summed E-state index contributed by atoms with van der Waals surface area (Å²) in [4.78, 5) is 4.72. The lowest BCUT2D eigenvalue weighted by Crippen LogP contribution is -2.19. The lowest BCUT2D eigenvalue weighted by atomic mass is 9.95. The molecule has 1 aromatic heterocycles. The zero-order valence-electron chi connectivity index (χ0n) is 12.2. The van der Waals surface area contributed by atoms with Gasteiger partial charge in [-0.2, -0.15) is 0 Å². The van der Waals surface area contributed by atoms with Crippen LogP contribution in [-0.4, -0.2) is 9.55 Å². The molecule has 2 aromatic rings. The SMILES string of the molecule is CC(C)(C)c1nc(-c2cccc(F)c2)c(N)n1C1CC1. The normalized spacial score (nSPS) is 15.6. The minimum Gasteiger partial charge on any atom is -0.383 e. The molecule has 1 heterocycles. The highest BCUT2D eigenvalue weighted by molar-refractivity contribution is 5.71. The van der Waals surface area contributed by atoms with Gasteiger partial charge in [-0.1, -0.05) is 32.9 Å². The molecule has 0 spiro atoms. The van der Waals surface area contributed by atoms with Crippen molar-refractivity contribution in [3.05, 3.63) is 35.9 Å². The van der Waals surface area contributed by atoms with Crippen LogP contribution in [0.25, 0.3) is 11.3 Å². The Morgan fingerprint density at radius 3 is 2.55 bits per heavy atom. The van der Waals surface area contributed by atoms with Gasteiger partial charge in [-0.25, -0.2) is 9.37 Å². The molecule has 1 aromatic carbocycles. The Morgan fingerprint density at radius 2 is 2.00 bits per heavy atom. The fourth-order valence-corrected chi connectivity index (χ4v) is 2.52. The van der Waals surface area contributed by atoms with Crippen LogP contribution in [0.3, 0.4) is 0 Å². The molecule has 1 aliphatic rings. The number of nitrogen functional groups attached to an aromatic ring is 1. The highest BCUT2D eigenvalue weighted by Gasteiger charge is 2.34. The number of hydrogen-bond donors (Lipinski definition) is 1. The van der Waals surface area contributed by atoms with E-state index in [9.17, 15) is 4.39 Å². The smallest absolute Gasteiger partial charge is 0.132 e. The molecular formula is C16H20FN3. The third-order valence-corrected chi connectivity index (χ3v) is 3.63. The van der Waals surface area contributed by atoms with Crippen LogP contribution in [0.5, 0.6) is 0 Å². The van der Waals surface area contributed by atoms with E-state index in [-0.39, 0.29) is 11.2 Å². The van der Waals surface area contributed by atoms with E-state index in [0.29, 0.717) is 17.6 Å². The molecule has 1 fully saturated rings. The molecule has 0 saturated heterocycles. The lowest BCUT2D eigenvalue weighted by molar-refractivity contribution is 0.504. The Balaban J connectivity index is 2.18. The third kappa shape index (κ3) is 2.19. The van der Waals surface area contributed by atoms with Crippen molar-refractivity contribution in [3.8, 4) is 11.3 Å². The van der Waals surface area contributed by atoms with Crippen molar-refractivity contribution in [2.75, 3.05) is 5.73 Å². The number of hydrogen-bond acceptors (Lipinski definition) is 2. The van der Waals surface area contributed by atoms with Crippen LogP contribution in [0, 0.1) is 5.82 Å². The van der Waals surface area contributed by atoms with Gasteiger partial charge in [-0.3, -0.25) is 0 Å². The molecule has 3 rings (SSSR count). The quantitative estimate of drug-likeness (QED) is 0.901. The summed E-state index contributed by atoms with van der Waals surface area (Å²) in [6.45, 7) is 6.38. The summed E-state index contributed by atoms with van der Waals surface area (Å²) in [5.74, 6) is 1.37. The maximum Gasteiger partial charge on any atom is 0.132 e. The summed E-state index contributed by atoms with van der Waals surface area (Å²) >= 11 is 0. The van der Waals surface area contributed by atoms with Crippen molar-refractivity contribution in [3.63, 3.8) is 0 Å². The first-order valence-corrected chi connectivity index (χ1v) is 7.02. The topological polar surface area (TPSA) is 43.8 Å². The maximum atomic E-state index is 13.4. The highest BCUT2D eigenvalue weighted by atomic mass is 19.1. The number of benzene rings is 1. The molecule has 0 bridgehead atoms. The number of nitrogens with two attached hydrogens (primary N) is 1. The fourth-order valence-electron chi connectivity index (χ4n) is 2.52. The lowest BCUT2D eigenvalue weighted by Gasteiger charge is -2.20. The van der Waals surface area contributed by atoms with E-state index >= 15 is 0 Å². The number of halogens is 1. The Bertz CT molecular complexity index is 648. The average molecular weight is 273 g/mol. The second-order valence-corrected chi connectivity index (χ2v) is 6.53. The summed E-state index contributed by atoms with van der Waals surface area (Å²) in [5.41, 5.74) is 7.66. The molecule has 1 aliphatic carbocycles. The Labute approximate surface area is 118 Å². The van der Waals surface area contributed by atoms with E-state index in [0.717, 1.165) is 24.2 Å². The van der Waals surface area contributed by atoms with E-state index in [1.807, 2.05) is 6.07 Å². The number of rotatable bonds is 2. The monoisotopic (exact) mass is 273 g/mol. The van der Waals surface area contributed by atoms with E-state index < -0.39 is 0 Å². The van der Waals surface area contributed by atoms with Gasteiger partial charge in [0.25, 0.3) is 0 Å². The van der Waals surface area contributed by atoms with Crippen LogP contribution < -0.4 is 5.73 Å². The molecule has 20 heavy (non-hydrogen) atoms. The van der Waals surface area contributed by atoms with Crippen molar-refractivity contribution in [1.82, 2.24) is 9.55 Å². The molecule has 1 saturated carbocycles. The van der Waals surface area contributed by atoms with Crippen molar-refractivity contribution in [1.29, 1.82) is 0 Å². The molecule has 106 valence electrons. The summed E-state index contributed by atoms with van der Waals surface area (Å²) in [6, 6.07) is 6.92. The maximum absolute atomic E-state index is 13.4. The first-order chi connectivity index (χ1) is 9.38. The fraction of sp³-hybridized carbons (Fsp3) is 0.438. The van der Waals surface area contributed by atoms with Gasteiger partial charge >= 0.3 is 0 Å². The second kappa shape index (κ2) is 4.33. The largest absolute Gasteiger partial charge is 0.383 e. The van der Waals surface area contributed by atoms with Crippen LogP contribution in [0.2, 0.25) is 0 Å². The Kier molecular flexibility index (Phi) is 2.85. The van der Waals surface area contributed by atoms with Gasteiger partial charge < -0.3 is 10.3 Å². The van der Waals surface area contributed by atoms with Crippen LogP contribution in [0.1, 0.15) is 45.5 Å². The minimum absolute atomic E-state index is 0.0811. The predicted molar refractivity (Wildman–Crippen MR) is 79.0 cm³/mol. The van der Waals surface area contributed by atoms with Gasteiger partial charge in [0, 0.05) is 17.0 Å². The van der Waals surface area contributed by atoms with Crippen LogP contribution in [0.4, 0.5) is 10.2 Å². The standard InChI is InChI=1S/C16H20FN3/c1-16(2,3)15-19-13(10-5-4-6-11(17)9-10)14(18)20(15)12-7-8-12/h4-6,9,12H,7-8,18H2,1-3H3. The molecule has 3 nitrogen and oxygen atoms in total. The van der Waals surface area contributed by atoms with Gasteiger partial charge in [-0.05, 0) is 25.0 Å². The van der Waals surface area contributed by atoms with Crippen molar-refractivity contribution < 1.29 is 4.39 Å². The average Bonchev–Trinajstić information content (AvgIpc) is 3.11. The number of imidazole rings is 1. The molecule has 0 aliphatic heterocycles. The van der Waals surface area contributed by atoms with Crippen LogP contribution in [0.15, 0.2) is 24.3 Å². The van der Waals surface area contributed by atoms with Gasteiger partial charge in [0.15, 0.2) is 0 Å². The van der Waals surface area contributed by atoms with E-state index in [1.54, 1.807) is 6.07 Å². The molecule has 0 unspecified atom stereocenters. The first-order valence-electron chi connectivity index (χ1n) is 7.02. The van der Waals surface area contributed by atoms with E-state index in [2.05, 4.69) is 25.3 Å². The summed E-state index contributed by atoms with van der Waals surface area (Å²) < 4.78 is 15.6. The van der Waals surface area contributed by atoms with Gasteiger partial charge in [0.1, 0.15) is 23.2 Å². The minimum atomic E-state index is -0.264. The second-order valence-electron chi connectivity index (χ2n) is 6.53. The van der Waals surface area contributed by atoms with E-state index in [4.69, 9.17) is 10.7 Å². The van der Waals surface area contributed by atoms with Gasteiger partial charge in [0.2, 0.25) is 0 Å². The van der Waals surface area contributed by atoms with Crippen molar-refractivity contribution in [2.45, 2.75) is 45.1 Å². The molecular weight excluding hydrogens is 253 g/mol. The summed E-state index contributed by atoms with van der Waals surface area (Å²) in [6.07, 6.45) is 2.29. The third-order valence-electron chi connectivity index (χ3n) is 3.63. The summed E-state index contributed by atoms with van der Waals surface area (Å²) in [7, 11) is 0. The Hall–Kier alpha value is -1.84. The van der Waals surface area contributed by atoms with Crippen LogP contribution >= 0.6 is 0 Å². The molecule has 0 radical (unpaired) electrons. The van der Waals surface area contributed by atoms with Gasteiger partial charge in [-0.15, -0.1) is 0 Å². The zero-order chi connectivity index (χ0) is 14.5. The molecule has 4 heteroatoms. The Morgan fingerprint density at radius 1 is 1.30 bits per heavy atom.